The van der Waals surface area contributed by atoms with E-state index in [9.17, 15) is 10.1 Å². The van der Waals surface area contributed by atoms with E-state index >= 15 is 0 Å². The van der Waals surface area contributed by atoms with Gasteiger partial charge >= 0.3 is 0 Å². The van der Waals surface area contributed by atoms with Crippen LogP contribution in [0.4, 0.5) is 11.5 Å². The first-order valence-corrected chi connectivity index (χ1v) is 5.90. The first-order chi connectivity index (χ1) is 9.61. The largest absolute Gasteiger partial charge is 0.488 e. The van der Waals surface area contributed by atoms with Crippen LogP contribution in [-0.4, -0.2) is 9.91 Å². The van der Waals surface area contributed by atoms with Crippen molar-refractivity contribution in [3.63, 3.8) is 0 Å². The molecule has 1 heterocycles. The molecule has 0 aliphatic carbocycles. The predicted molar refractivity (Wildman–Crippen MR) is 74.2 cm³/mol. The van der Waals surface area contributed by atoms with Gasteiger partial charge in [0.25, 0.3) is 5.69 Å². The van der Waals surface area contributed by atoms with Crippen molar-refractivity contribution in [1.82, 2.24) is 4.98 Å². The van der Waals surface area contributed by atoms with Gasteiger partial charge in [0.1, 0.15) is 18.2 Å². The second-order valence-corrected chi connectivity index (χ2v) is 4.14. The highest BCUT2D eigenvalue weighted by Crippen LogP contribution is 2.27. The number of nitro benzene ring substituents is 1. The summed E-state index contributed by atoms with van der Waals surface area (Å²) in [5.41, 5.74) is 3.85. The number of pyridine rings is 1. The minimum absolute atomic E-state index is 0.0431. The zero-order valence-corrected chi connectivity index (χ0v) is 10.9. The van der Waals surface area contributed by atoms with Gasteiger partial charge in [-0.05, 0) is 30.7 Å². The van der Waals surface area contributed by atoms with E-state index in [0.29, 0.717) is 17.1 Å². The molecule has 0 radical (unpaired) electrons. The highest BCUT2D eigenvalue weighted by molar-refractivity contribution is 5.48. The number of ether oxygens (including phenoxy) is 1. The molecule has 0 spiro atoms. The minimum Gasteiger partial charge on any atom is -0.488 e. The van der Waals surface area contributed by atoms with Gasteiger partial charge in [-0.15, -0.1) is 0 Å². The molecule has 0 bridgehead atoms. The molecule has 3 N–H and O–H groups in total. The second kappa shape index (κ2) is 5.98. The van der Waals surface area contributed by atoms with Crippen LogP contribution in [-0.2, 0) is 6.61 Å². The normalized spacial score (nSPS) is 10.1. The summed E-state index contributed by atoms with van der Waals surface area (Å²) in [5, 5.41) is 10.9. The lowest BCUT2D eigenvalue weighted by atomic mass is 10.2. The SMILES string of the molecule is Cc1c(OCc2ccnc(NN)c2)cccc1[N+](=O)[O-]. The number of nitrogens with zero attached hydrogens (tertiary/aromatic N) is 2. The molecule has 0 fully saturated rings. The van der Waals surface area contributed by atoms with Gasteiger partial charge in [0.15, 0.2) is 0 Å². The van der Waals surface area contributed by atoms with E-state index in [2.05, 4.69) is 10.4 Å². The van der Waals surface area contributed by atoms with E-state index in [1.165, 1.54) is 6.07 Å². The highest BCUT2D eigenvalue weighted by Gasteiger charge is 2.14. The van der Waals surface area contributed by atoms with E-state index in [-0.39, 0.29) is 12.3 Å². The number of hydrogen-bond acceptors (Lipinski definition) is 6. The number of nitrogens with one attached hydrogen (secondary N) is 1. The van der Waals surface area contributed by atoms with Crippen LogP contribution in [0.2, 0.25) is 0 Å². The molecule has 0 unspecified atom stereocenters. The van der Waals surface area contributed by atoms with Crippen molar-refractivity contribution >= 4 is 11.5 Å². The van der Waals surface area contributed by atoms with Crippen LogP contribution < -0.4 is 16.0 Å². The summed E-state index contributed by atoms with van der Waals surface area (Å²) in [6, 6.07) is 8.27. The zero-order valence-electron chi connectivity index (χ0n) is 10.9. The summed E-state index contributed by atoms with van der Waals surface area (Å²) in [7, 11) is 0. The standard InChI is InChI=1S/C13H14N4O3/c1-9-11(17(18)19)3-2-4-12(9)20-8-10-5-6-15-13(7-10)16-14/h2-7H,8,14H2,1H3,(H,15,16). The summed E-state index contributed by atoms with van der Waals surface area (Å²) in [6.07, 6.45) is 1.61. The Hall–Kier alpha value is -2.67. The second-order valence-electron chi connectivity index (χ2n) is 4.14. The van der Waals surface area contributed by atoms with Crippen molar-refractivity contribution in [2.45, 2.75) is 13.5 Å². The van der Waals surface area contributed by atoms with Crippen molar-refractivity contribution < 1.29 is 9.66 Å². The molecule has 0 aliphatic heterocycles. The van der Waals surface area contributed by atoms with Crippen molar-refractivity contribution in [3.05, 3.63) is 57.8 Å². The third kappa shape index (κ3) is 3.01. The number of nitrogens with two attached hydrogens (primary N) is 1. The van der Waals surface area contributed by atoms with Gasteiger partial charge in [-0.2, -0.15) is 0 Å². The number of anilines is 1. The lowest BCUT2D eigenvalue weighted by molar-refractivity contribution is -0.385. The third-order valence-electron chi connectivity index (χ3n) is 2.82. The topological polar surface area (TPSA) is 103 Å². The zero-order chi connectivity index (χ0) is 14.5. The summed E-state index contributed by atoms with van der Waals surface area (Å²) in [4.78, 5) is 14.4. The Bertz CT molecular complexity index is 631. The Labute approximate surface area is 115 Å². The molecule has 2 aromatic rings. The first kappa shape index (κ1) is 13.8. The summed E-state index contributed by atoms with van der Waals surface area (Å²) in [6.45, 7) is 1.94. The Kier molecular flexibility index (Phi) is 4.11. The quantitative estimate of drug-likeness (QED) is 0.492. The molecule has 7 nitrogen and oxygen atoms in total. The van der Waals surface area contributed by atoms with Gasteiger partial charge < -0.3 is 10.2 Å². The number of benzene rings is 1. The molecule has 0 aliphatic rings. The van der Waals surface area contributed by atoms with Crippen LogP contribution in [0.3, 0.4) is 0 Å². The third-order valence-corrected chi connectivity index (χ3v) is 2.82. The average molecular weight is 274 g/mol. The van der Waals surface area contributed by atoms with E-state index < -0.39 is 4.92 Å². The Morgan fingerprint density at radius 2 is 2.25 bits per heavy atom. The van der Waals surface area contributed by atoms with Crippen molar-refractivity contribution in [2.24, 2.45) is 5.84 Å². The van der Waals surface area contributed by atoms with Crippen LogP contribution in [0.15, 0.2) is 36.5 Å². The van der Waals surface area contributed by atoms with Gasteiger partial charge in [0.05, 0.1) is 10.5 Å². The number of hydrogen-bond donors (Lipinski definition) is 2. The first-order valence-electron chi connectivity index (χ1n) is 5.90. The van der Waals surface area contributed by atoms with Gasteiger partial charge in [0.2, 0.25) is 0 Å². The molecule has 0 saturated heterocycles. The molecule has 2 rings (SSSR count). The number of rotatable bonds is 5. The lowest BCUT2D eigenvalue weighted by Crippen LogP contribution is -2.09. The van der Waals surface area contributed by atoms with Crippen LogP contribution in [0.25, 0.3) is 0 Å². The molecule has 1 aromatic carbocycles. The van der Waals surface area contributed by atoms with Crippen molar-refractivity contribution in [1.29, 1.82) is 0 Å². The minimum atomic E-state index is -0.426. The maximum absolute atomic E-state index is 10.9. The Morgan fingerprint density at radius 1 is 1.45 bits per heavy atom. The van der Waals surface area contributed by atoms with Gasteiger partial charge in [0, 0.05) is 12.3 Å². The van der Waals surface area contributed by atoms with E-state index in [4.69, 9.17) is 10.6 Å². The van der Waals surface area contributed by atoms with Crippen LogP contribution in [0.5, 0.6) is 5.75 Å². The fourth-order valence-corrected chi connectivity index (χ4v) is 1.76. The highest BCUT2D eigenvalue weighted by atomic mass is 16.6. The van der Waals surface area contributed by atoms with Gasteiger partial charge in [-0.25, -0.2) is 10.8 Å². The summed E-state index contributed by atoms with van der Waals surface area (Å²) >= 11 is 0. The van der Waals surface area contributed by atoms with Crippen molar-refractivity contribution in [2.75, 3.05) is 5.43 Å². The number of hydrazine groups is 1. The number of aromatic nitrogens is 1. The lowest BCUT2D eigenvalue weighted by Gasteiger charge is -2.09. The average Bonchev–Trinajstić information content (AvgIpc) is 2.46. The number of nitrogen functional groups attached to an aromatic ring is 1. The van der Waals surface area contributed by atoms with E-state index in [1.54, 1.807) is 37.4 Å². The van der Waals surface area contributed by atoms with Gasteiger partial charge in [-0.3, -0.25) is 10.1 Å². The van der Waals surface area contributed by atoms with Gasteiger partial charge in [-0.1, -0.05) is 6.07 Å². The van der Waals surface area contributed by atoms with Crippen LogP contribution >= 0.6 is 0 Å². The number of nitro groups is 1. The molecule has 104 valence electrons. The maximum atomic E-state index is 10.9. The van der Waals surface area contributed by atoms with Crippen LogP contribution in [0, 0.1) is 17.0 Å². The molecule has 0 atom stereocenters. The Balaban J connectivity index is 2.14. The van der Waals surface area contributed by atoms with E-state index in [1.807, 2.05) is 0 Å². The smallest absolute Gasteiger partial charge is 0.276 e. The van der Waals surface area contributed by atoms with Crippen molar-refractivity contribution in [3.8, 4) is 5.75 Å². The maximum Gasteiger partial charge on any atom is 0.276 e. The summed E-state index contributed by atoms with van der Waals surface area (Å²) < 4.78 is 5.61. The molecule has 0 amide bonds. The Morgan fingerprint density at radius 3 is 2.95 bits per heavy atom. The summed E-state index contributed by atoms with van der Waals surface area (Å²) in [5.74, 6) is 6.29. The molecule has 1 aromatic heterocycles. The van der Waals surface area contributed by atoms with Crippen LogP contribution in [0.1, 0.15) is 11.1 Å². The fourth-order valence-electron chi connectivity index (χ4n) is 1.76. The molecule has 7 heteroatoms. The molecule has 20 heavy (non-hydrogen) atoms. The van der Waals surface area contributed by atoms with E-state index in [0.717, 1.165) is 5.56 Å². The molecular weight excluding hydrogens is 260 g/mol. The predicted octanol–water partition coefficient (Wildman–Crippen LogP) is 2.16. The monoisotopic (exact) mass is 274 g/mol. The molecule has 0 saturated carbocycles. The molecular formula is C13H14N4O3. The fraction of sp³-hybridized carbons (Fsp3) is 0.154.